The molecule has 0 aliphatic carbocycles. The number of carbonyl (C=O) groups excluding carboxylic acids is 1. The van der Waals surface area contributed by atoms with Crippen LogP contribution in [0.2, 0.25) is 0 Å². The molecule has 4 rings (SSSR count). The molecular formula is C22H15F2N3OS2. The van der Waals surface area contributed by atoms with Crippen molar-refractivity contribution in [2.24, 2.45) is 0 Å². The molecule has 0 unspecified atom stereocenters. The standard InChI is InChI=1S/C22H15F2N3OS2/c23-21(24)29-17-10-8-16(9-11-17)27(20(28)12-7-15-4-3-13-25-14-15)22-26-18-5-1-2-6-19(18)30-22/h1-14,21H. The Morgan fingerprint density at radius 3 is 2.57 bits per heavy atom. The number of pyridine rings is 1. The molecule has 2 heterocycles. The lowest BCUT2D eigenvalue weighted by molar-refractivity contribution is -0.113. The van der Waals surface area contributed by atoms with E-state index in [0.29, 0.717) is 27.5 Å². The van der Waals surface area contributed by atoms with Gasteiger partial charge in [-0.05, 0) is 54.1 Å². The van der Waals surface area contributed by atoms with Crippen molar-refractivity contribution in [2.45, 2.75) is 10.7 Å². The number of fused-ring (bicyclic) bond motifs is 1. The predicted octanol–water partition coefficient (Wildman–Crippen LogP) is 6.38. The number of halogens is 2. The second kappa shape index (κ2) is 9.15. The molecule has 0 saturated heterocycles. The molecule has 0 N–H and O–H groups in total. The van der Waals surface area contributed by atoms with Crippen molar-refractivity contribution in [1.82, 2.24) is 9.97 Å². The highest BCUT2D eigenvalue weighted by atomic mass is 32.2. The van der Waals surface area contributed by atoms with Crippen molar-refractivity contribution >= 4 is 56.1 Å². The van der Waals surface area contributed by atoms with Crippen molar-refractivity contribution in [3.63, 3.8) is 0 Å². The molecule has 0 aliphatic rings. The van der Waals surface area contributed by atoms with E-state index >= 15 is 0 Å². The predicted molar refractivity (Wildman–Crippen MR) is 118 cm³/mol. The van der Waals surface area contributed by atoms with Crippen LogP contribution >= 0.6 is 23.1 Å². The van der Waals surface area contributed by atoms with Gasteiger partial charge in [0.1, 0.15) is 0 Å². The normalized spacial score (nSPS) is 11.4. The van der Waals surface area contributed by atoms with Crippen molar-refractivity contribution in [3.05, 3.63) is 84.7 Å². The van der Waals surface area contributed by atoms with Crippen molar-refractivity contribution in [3.8, 4) is 0 Å². The molecular weight excluding hydrogens is 424 g/mol. The highest BCUT2D eigenvalue weighted by Gasteiger charge is 2.20. The second-order valence-corrected chi connectivity index (χ2v) is 8.20. The summed E-state index contributed by atoms with van der Waals surface area (Å²) < 4.78 is 26.2. The summed E-state index contributed by atoms with van der Waals surface area (Å²) in [4.78, 5) is 23.6. The monoisotopic (exact) mass is 439 g/mol. The lowest BCUT2D eigenvalue weighted by Gasteiger charge is -2.18. The number of thioether (sulfide) groups is 1. The third-order valence-corrected chi connectivity index (χ3v) is 5.86. The average Bonchev–Trinajstić information content (AvgIpc) is 3.17. The molecule has 30 heavy (non-hydrogen) atoms. The summed E-state index contributed by atoms with van der Waals surface area (Å²) in [6.07, 6.45) is 6.44. The number of alkyl halides is 2. The Hall–Kier alpha value is -3.10. The van der Waals surface area contributed by atoms with Crippen LogP contribution < -0.4 is 4.90 Å². The fourth-order valence-corrected chi connectivity index (χ4v) is 4.27. The molecule has 4 nitrogen and oxygen atoms in total. The molecule has 0 saturated carbocycles. The number of rotatable bonds is 6. The first kappa shape index (κ1) is 20.2. The minimum Gasteiger partial charge on any atom is -0.269 e. The van der Waals surface area contributed by atoms with Gasteiger partial charge < -0.3 is 0 Å². The van der Waals surface area contributed by atoms with Crippen LogP contribution in [0, 0.1) is 0 Å². The van der Waals surface area contributed by atoms with Crippen LogP contribution in [0.1, 0.15) is 5.56 Å². The average molecular weight is 440 g/mol. The summed E-state index contributed by atoms with van der Waals surface area (Å²) in [5.74, 6) is -2.80. The quantitative estimate of drug-likeness (QED) is 0.258. The third kappa shape index (κ3) is 4.72. The van der Waals surface area contributed by atoms with E-state index in [-0.39, 0.29) is 5.91 Å². The van der Waals surface area contributed by atoms with Crippen LogP contribution in [0.5, 0.6) is 0 Å². The van der Waals surface area contributed by atoms with E-state index in [4.69, 9.17) is 0 Å². The smallest absolute Gasteiger partial charge is 0.269 e. The number of amides is 1. The van der Waals surface area contributed by atoms with Gasteiger partial charge in [0.15, 0.2) is 5.13 Å². The van der Waals surface area contributed by atoms with E-state index in [9.17, 15) is 13.6 Å². The van der Waals surface area contributed by atoms with Crippen molar-refractivity contribution in [2.75, 3.05) is 4.90 Å². The summed E-state index contributed by atoms with van der Waals surface area (Å²) in [7, 11) is 0. The molecule has 0 aliphatic heterocycles. The van der Waals surface area contributed by atoms with E-state index in [0.717, 1.165) is 15.8 Å². The van der Waals surface area contributed by atoms with E-state index < -0.39 is 5.76 Å². The van der Waals surface area contributed by atoms with Gasteiger partial charge >= 0.3 is 0 Å². The Bertz CT molecular complexity index is 1140. The number of hydrogen-bond donors (Lipinski definition) is 0. The fourth-order valence-electron chi connectivity index (χ4n) is 2.78. The minimum absolute atomic E-state index is 0.299. The summed E-state index contributed by atoms with van der Waals surface area (Å²) in [6, 6.07) is 17.7. The molecule has 4 aromatic rings. The van der Waals surface area contributed by atoms with E-state index in [2.05, 4.69) is 9.97 Å². The lowest BCUT2D eigenvalue weighted by Crippen LogP contribution is -2.23. The second-order valence-electron chi connectivity index (χ2n) is 6.13. The molecule has 0 radical (unpaired) electrons. The first-order valence-corrected chi connectivity index (χ1v) is 10.6. The van der Waals surface area contributed by atoms with Crippen molar-refractivity contribution < 1.29 is 13.6 Å². The maximum Gasteiger partial charge on any atom is 0.288 e. The number of benzene rings is 2. The first-order chi connectivity index (χ1) is 14.6. The summed E-state index contributed by atoms with van der Waals surface area (Å²) in [5, 5.41) is 0.506. The van der Waals surface area contributed by atoms with Crippen LogP contribution in [-0.2, 0) is 4.79 Å². The fraction of sp³-hybridized carbons (Fsp3) is 0.0455. The highest BCUT2D eigenvalue weighted by Crippen LogP contribution is 2.35. The SMILES string of the molecule is O=C(C=Cc1cccnc1)N(c1ccc(SC(F)F)cc1)c1nc2ccccc2s1. The minimum atomic E-state index is -2.50. The van der Waals surface area contributed by atoms with Crippen LogP contribution in [0.25, 0.3) is 16.3 Å². The van der Waals surface area contributed by atoms with Gasteiger partial charge in [-0.15, -0.1) is 0 Å². The molecule has 0 atom stereocenters. The van der Waals surface area contributed by atoms with Gasteiger partial charge in [-0.1, -0.05) is 41.3 Å². The lowest BCUT2D eigenvalue weighted by atomic mass is 10.2. The molecule has 2 aromatic heterocycles. The number of aromatic nitrogens is 2. The van der Waals surface area contributed by atoms with Crippen LogP contribution in [0.15, 0.2) is 84.0 Å². The van der Waals surface area contributed by atoms with Gasteiger partial charge in [-0.25, -0.2) is 4.98 Å². The zero-order valence-corrected chi connectivity index (χ0v) is 17.1. The molecule has 150 valence electrons. The zero-order valence-electron chi connectivity index (χ0n) is 15.5. The molecule has 1 amide bonds. The molecule has 0 spiro atoms. The van der Waals surface area contributed by atoms with Gasteiger partial charge in [0.2, 0.25) is 0 Å². The Labute approximate surface area is 179 Å². The summed E-state index contributed by atoms with van der Waals surface area (Å²) in [6.45, 7) is 0. The Morgan fingerprint density at radius 2 is 1.87 bits per heavy atom. The first-order valence-electron chi connectivity index (χ1n) is 8.93. The number of anilines is 2. The Morgan fingerprint density at radius 1 is 1.07 bits per heavy atom. The van der Waals surface area contributed by atoms with Crippen LogP contribution in [0.4, 0.5) is 19.6 Å². The van der Waals surface area contributed by atoms with Gasteiger partial charge in [0, 0.05) is 23.4 Å². The molecule has 0 fully saturated rings. The Kier molecular flexibility index (Phi) is 6.15. The van der Waals surface area contributed by atoms with Gasteiger partial charge in [-0.2, -0.15) is 8.78 Å². The zero-order chi connectivity index (χ0) is 20.9. The molecule has 0 bridgehead atoms. The van der Waals surface area contributed by atoms with Crippen LogP contribution in [0.3, 0.4) is 0 Å². The number of carbonyl (C=O) groups is 1. The van der Waals surface area contributed by atoms with E-state index in [1.54, 1.807) is 48.8 Å². The third-order valence-electron chi connectivity index (χ3n) is 4.12. The maximum absolute atomic E-state index is 13.1. The largest absolute Gasteiger partial charge is 0.288 e. The Balaban J connectivity index is 1.70. The van der Waals surface area contributed by atoms with Crippen LogP contribution in [-0.4, -0.2) is 21.6 Å². The number of thiazole rings is 1. The van der Waals surface area contributed by atoms with E-state index in [1.165, 1.54) is 22.3 Å². The molecule has 8 heteroatoms. The highest BCUT2D eigenvalue weighted by molar-refractivity contribution is 7.99. The summed E-state index contributed by atoms with van der Waals surface area (Å²) >= 11 is 1.85. The maximum atomic E-state index is 13.1. The topological polar surface area (TPSA) is 46.1 Å². The number of para-hydroxylation sites is 1. The van der Waals surface area contributed by atoms with Gasteiger partial charge in [0.25, 0.3) is 11.7 Å². The van der Waals surface area contributed by atoms with Gasteiger partial charge in [0.05, 0.1) is 15.9 Å². The number of nitrogens with zero attached hydrogens (tertiary/aromatic N) is 3. The summed E-state index contributed by atoms with van der Waals surface area (Å²) in [5.41, 5.74) is 2.13. The molecule has 2 aromatic carbocycles. The van der Waals surface area contributed by atoms with Gasteiger partial charge in [-0.3, -0.25) is 14.7 Å². The van der Waals surface area contributed by atoms with Crippen molar-refractivity contribution in [1.29, 1.82) is 0 Å². The number of hydrogen-bond acceptors (Lipinski definition) is 5. The van der Waals surface area contributed by atoms with E-state index in [1.807, 2.05) is 30.3 Å².